The largest absolute Gasteiger partial charge is 0.468 e. The molecule has 1 aliphatic heterocycles. The second kappa shape index (κ2) is 9.67. The van der Waals surface area contributed by atoms with Gasteiger partial charge in [0.2, 0.25) is 17.7 Å². The summed E-state index contributed by atoms with van der Waals surface area (Å²) in [5, 5.41) is 2.60. The van der Waals surface area contributed by atoms with Crippen LogP contribution in [0, 0.1) is 5.92 Å². The average Bonchev–Trinajstić information content (AvgIpc) is 3.10. The van der Waals surface area contributed by atoms with Gasteiger partial charge in [-0.25, -0.2) is 4.98 Å². The molecule has 6 nitrogen and oxygen atoms in total. The molecule has 1 unspecified atom stereocenters. The minimum Gasteiger partial charge on any atom is -0.468 e. The molecule has 12 heteroatoms. The van der Waals surface area contributed by atoms with Gasteiger partial charge in [0.25, 0.3) is 0 Å². The smallest absolute Gasteiger partial charge is 0.422 e. The SMILES string of the molecule is O=C(NCc1ccnc(OCC(F)(F)F)c1)C1CC(=O)N(Cc2cccc(C(F)(F)F)c2)C1. The maximum Gasteiger partial charge on any atom is 0.422 e. The number of nitrogens with one attached hydrogen (secondary N) is 1. The van der Waals surface area contributed by atoms with Crippen molar-refractivity contribution in [2.45, 2.75) is 31.9 Å². The van der Waals surface area contributed by atoms with Gasteiger partial charge in [-0.05, 0) is 29.3 Å². The fourth-order valence-corrected chi connectivity index (χ4v) is 3.30. The Morgan fingerprint density at radius 2 is 1.88 bits per heavy atom. The normalized spacial score (nSPS) is 16.7. The van der Waals surface area contributed by atoms with Gasteiger partial charge < -0.3 is 15.0 Å². The Hall–Kier alpha value is -3.31. The highest BCUT2D eigenvalue weighted by molar-refractivity contribution is 5.89. The Labute approximate surface area is 184 Å². The maximum atomic E-state index is 12.9. The zero-order chi connectivity index (χ0) is 24.2. The number of carbonyl (C=O) groups is 2. The number of carbonyl (C=O) groups excluding carboxylic acids is 2. The maximum absolute atomic E-state index is 12.9. The number of hydrogen-bond donors (Lipinski definition) is 1. The van der Waals surface area contributed by atoms with Crippen molar-refractivity contribution < 1.29 is 40.7 Å². The van der Waals surface area contributed by atoms with E-state index >= 15 is 0 Å². The molecule has 1 aromatic heterocycles. The van der Waals surface area contributed by atoms with Crippen molar-refractivity contribution in [2.24, 2.45) is 5.92 Å². The van der Waals surface area contributed by atoms with Crippen LogP contribution in [0.15, 0.2) is 42.6 Å². The van der Waals surface area contributed by atoms with Gasteiger partial charge in [-0.1, -0.05) is 12.1 Å². The molecule has 3 rings (SSSR count). The van der Waals surface area contributed by atoms with Crippen LogP contribution >= 0.6 is 0 Å². The number of nitrogens with zero attached hydrogens (tertiary/aromatic N) is 2. The summed E-state index contributed by atoms with van der Waals surface area (Å²) in [5.41, 5.74) is -0.0834. The third-order valence-corrected chi connectivity index (χ3v) is 4.86. The number of halogens is 6. The number of likely N-dealkylation sites (tertiary alicyclic amines) is 1. The molecule has 178 valence electrons. The summed E-state index contributed by atoms with van der Waals surface area (Å²) in [4.78, 5) is 29.7. The molecule has 1 saturated heterocycles. The van der Waals surface area contributed by atoms with Crippen molar-refractivity contribution in [1.82, 2.24) is 15.2 Å². The van der Waals surface area contributed by atoms with Crippen LogP contribution in [0.1, 0.15) is 23.1 Å². The van der Waals surface area contributed by atoms with Crippen molar-refractivity contribution in [1.29, 1.82) is 0 Å². The predicted octanol–water partition coefficient (Wildman–Crippen LogP) is 3.71. The highest BCUT2D eigenvalue weighted by Crippen LogP contribution is 2.30. The molecule has 0 radical (unpaired) electrons. The molecule has 0 aliphatic carbocycles. The first-order valence-corrected chi connectivity index (χ1v) is 9.77. The number of benzene rings is 1. The van der Waals surface area contributed by atoms with Crippen LogP contribution in [-0.4, -0.2) is 41.0 Å². The lowest BCUT2D eigenvalue weighted by Gasteiger charge is -2.18. The number of amides is 2. The minimum absolute atomic E-state index is 0.0257. The third kappa shape index (κ3) is 7.09. The predicted molar refractivity (Wildman–Crippen MR) is 103 cm³/mol. The first-order chi connectivity index (χ1) is 15.4. The highest BCUT2D eigenvalue weighted by atomic mass is 19.4. The Bertz CT molecular complexity index is 1010. The Morgan fingerprint density at radius 1 is 1.12 bits per heavy atom. The summed E-state index contributed by atoms with van der Waals surface area (Å²) < 4.78 is 79.9. The van der Waals surface area contributed by atoms with Crippen LogP contribution in [0.4, 0.5) is 26.3 Å². The molecule has 1 aromatic carbocycles. The zero-order valence-corrected chi connectivity index (χ0v) is 17.0. The lowest BCUT2D eigenvalue weighted by atomic mass is 10.1. The average molecular weight is 475 g/mol. The quantitative estimate of drug-likeness (QED) is 0.620. The Morgan fingerprint density at radius 3 is 2.58 bits per heavy atom. The third-order valence-electron chi connectivity index (χ3n) is 4.86. The topological polar surface area (TPSA) is 71.5 Å². The molecular formula is C21H19F6N3O3. The van der Waals surface area contributed by atoms with Crippen molar-refractivity contribution in [3.05, 3.63) is 59.3 Å². The van der Waals surface area contributed by atoms with Crippen LogP contribution in [0.25, 0.3) is 0 Å². The van der Waals surface area contributed by atoms with Crippen LogP contribution in [-0.2, 0) is 28.9 Å². The van der Waals surface area contributed by atoms with E-state index < -0.39 is 36.3 Å². The number of hydrogen-bond acceptors (Lipinski definition) is 4. The van der Waals surface area contributed by atoms with E-state index in [-0.39, 0.29) is 37.8 Å². The van der Waals surface area contributed by atoms with E-state index in [9.17, 15) is 35.9 Å². The van der Waals surface area contributed by atoms with Gasteiger partial charge in [0, 0.05) is 38.3 Å². The van der Waals surface area contributed by atoms with E-state index in [0.717, 1.165) is 12.1 Å². The molecule has 1 aliphatic rings. The summed E-state index contributed by atoms with van der Waals surface area (Å²) in [6.07, 6.45) is -7.87. The fraction of sp³-hybridized carbons (Fsp3) is 0.381. The molecule has 1 N–H and O–H groups in total. The van der Waals surface area contributed by atoms with E-state index in [4.69, 9.17) is 0 Å². The Balaban J connectivity index is 1.54. The van der Waals surface area contributed by atoms with Crippen molar-refractivity contribution in [3.8, 4) is 5.88 Å². The minimum atomic E-state index is -4.51. The monoisotopic (exact) mass is 475 g/mol. The molecular weight excluding hydrogens is 456 g/mol. The molecule has 2 heterocycles. The fourth-order valence-electron chi connectivity index (χ4n) is 3.30. The first-order valence-electron chi connectivity index (χ1n) is 9.77. The van der Waals surface area contributed by atoms with Crippen LogP contribution in [0.2, 0.25) is 0 Å². The number of pyridine rings is 1. The van der Waals surface area contributed by atoms with E-state index in [2.05, 4.69) is 15.0 Å². The van der Waals surface area contributed by atoms with Gasteiger partial charge in [-0.3, -0.25) is 9.59 Å². The number of alkyl halides is 6. The molecule has 2 amide bonds. The number of rotatable bonds is 7. The highest BCUT2D eigenvalue weighted by Gasteiger charge is 2.35. The summed E-state index contributed by atoms with van der Waals surface area (Å²) >= 11 is 0. The van der Waals surface area contributed by atoms with Gasteiger partial charge in [0.05, 0.1) is 11.5 Å². The van der Waals surface area contributed by atoms with Crippen molar-refractivity contribution >= 4 is 11.8 Å². The van der Waals surface area contributed by atoms with Gasteiger partial charge >= 0.3 is 12.4 Å². The molecule has 1 atom stereocenters. The van der Waals surface area contributed by atoms with E-state index in [1.807, 2.05) is 0 Å². The summed E-state index contributed by atoms with van der Waals surface area (Å²) in [6.45, 7) is -1.54. The van der Waals surface area contributed by atoms with E-state index in [0.29, 0.717) is 11.1 Å². The molecule has 0 bridgehead atoms. The zero-order valence-electron chi connectivity index (χ0n) is 17.0. The molecule has 33 heavy (non-hydrogen) atoms. The number of aromatic nitrogens is 1. The van der Waals surface area contributed by atoms with Crippen molar-refractivity contribution in [2.75, 3.05) is 13.2 Å². The van der Waals surface area contributed by atoms with Gasteiger partial charge in [-0.2, -0.15) is 26.3 Å². The second-order valence-electron chi connectivity index (χ2n) is 7.50. The van der Waals surface area contributed by atoms with Crippen LogP contribution in [0.3, 0.4) is 0 Å². The summed E-state index contributed by atoms with van der Waals surface area (Å²) in [5.74, 6) is -1.77. The second-order valence-corrected chi connectivity index (χ2v) is 7.50. The van der Waals surface area contributed by atoms with Crippen LogP contribution < -0.4 is 10.1 Å². The summed E-state index contributed by atoms with van der Waals surface area (Å²) in [6, 6.07) is 7.36. The lowest BCUT2D eigenvalue weighted by Crippen LogP contribution is -2.32. The van der Waals surface area contributed by atoms with Gasteiger partial charge in [0.1, 0.15) is 0 Å². The number of ether oxygens (including phenoxy) is 1. The van der Waals surface area contributed by atoms with Crippen LogP contribution in [0.5, 0.6) is 5.88 Å². The first kappa shape index (κ1) is 24.3. The molecule has 0 saturated carbocycles. The lowest BCUT2D eigenvalue weighted by molar-refractivity contribution is -0.154. The molecule has 2 aromatic rings. The Kier molecular flexibility index (Phi) is 7.13. The van der Waals surface area contributed by atoms with E-state index in [1.165, 1.54) is 35.4 Å². The van der Waals surface area contributed by atoms with E-state index in [1.54, 1.807) is 0 Å². The summed E-state index contributed by atoms with van der Waals surface area (Å²) in [7, 11) is 0. The molecule has 0 spiro atoms. The standard InChI is InChI=1S/C21H19F6N3O3/c22-20(23,24)12-33-17-7-13(4-5-28-17)9-29-19(32)15-8-18(31)30(11-15)10-14-2-1-3-16(6-14)21(25,26)27/h1-7,15H,8-12H2,(H,29,32). The van der Waals surface area contributed by atoms with Gasteiger partial charge in [0.15, 0.2) is 6.61 Å². The van der Waals surface area contributed by atoms with Gasteiger partial charge in [-0.15, -0.1) is 0 Å². The van der Waals surface area contributed by atoms with Crippen molar-refractivity contribution in [3.63, 3.8) is 0 Å². The molecule has 1 fully saturated rings.